The molecule has 178 valence electrons. The van der Waals surface area contributed by atoms with Gasteiger partial charge in [-0.1, -0.05) is 80.5 Å². The Bertz CT molecular complexity index is 1440. The normalized spacial score (nSPS) is 11.8. The Hall–Kier alpha value is -3.42. The summed E-state index contributed by atoms with van der Waals surface area (Å²) in [7, 11) is 0. The Morgan fingerprint density at radius 2 is 1.74 bits per heavy atom. The fraction of sp³-hybridized carbons (Fsp3) is 0.185. The SMILES string of the molecule is CC(C)(C)c1ccc(C=NNC(=O)CSc2nc3ccccc3c(=O)n2-c2ccc(Cl)cc2)cc1. The van der Waals surface area contributed by atoms with Gasteiger partial charge in [0, 0.05) is 5.02 Å². The van der Waals surface area contributed by atoms with Crippen LogP contribution in [0.25, 0.3) is 16.6 Å². The number of halogens is 1. The topological polar surface area (TPSA) is 76.3 Å². The maximum atomic E-state index is 13.2. The van der Waals surface area contributed by atoms with Crippen LogP contribution in [-0.4, -0.2) is 27.4 Å². The summed E-state index contributed by atoms with van der Waals surface area (Å²) in [5.41, 5.74) is 5.71. The largest absolute Gasteiger partial charge is 0.272 e. The summed E-state index contributed by atoms with van der Waals surface area (Å²) in [5.74, 6) is -0.263. The number of amides is 1. The van der Waals surface area contributed by atoms with E-state index in [9.17, 15) is 9.59 Å². The van der Waals surface area contributed by atoms with Gasteiger partial charge in [-0.15, -0.1) is 0 Å². The highest BCUT2D eigenvalue weighted by molar-refractivity contribution is 7.99. The number of para-hydroxylation sites is 1. The Labute approximate surface area is 213 Å². The number of nitrogens with zero attached hydrogens (tertiary/aromatic N) is 3. The molecule has 0 saturated carbocycles. The van der Waals surface area contributed by atoms with Crippen LogP contribution < -0.4 is 11.0 Å². The summed E-state index contributed by atoms with van der Waals surface area (Å²) in [5, 5.41) is 5.54. The van der Waals surface area contributed by atoms with Crippen molar-refractivity contribution in [2.45, 2.75) is 31.3 Å². The average molecular weight is 505 g/mol. The lowest BCUT2D eigenvalue weighted by Crippen LogP contribution is -2.24. The maximum Gasteiger partial charge on any atom is 0.266 e. The molecular weight excluding hydrogens is 480 g/mol. The van der Waals surface area contributed by atoms with Gasteiger partial charge in [0.05, 0.1) is 28.6 Å². The Balaban J connectivity index is 1.50. The van der Waals surface area contributed by atoms with Gasteiger partial charge in [-0.25, -0.2) is 10.4 Å². The third kappa shape index (κ3) is 5.99. The first kappa shape index (κ1) is 24.7. The molecule has 0 saturated heterocycles. The van der Waals surface area contributed by atoms with Crippen molar-refractivity contribution in [2.24, 2.45) is 5.10 Å². The zero-order chi connectivity index (χ0) is 25.0. The van der Waals surface area contributed by atoms with Crippen molar-refractivity contribution in [1.82, 2.24) is 15.0 Å². The van der Waals surface area contributed by atoms with E-state index < -0.39 is 0 Å². The van der Waals surface area contributed by atoms with Gasteiger partial charge in [0.2, 0.25) is 0 Å². The highest BCUT2D eigenvalue weighted by Gasteiger charge is 2.15. The van der Waals surface area contributed by atoms with E-state index in [1.165, 1.54) is 21.9 Å². The van der Waals surface area contributed by atoms with Crippen LogP contribution >= 0.6 is 23.4 Å². The minimum Gasteiger partial charge on any atom is -0.272 e. The number of hydrogen-bond acceptors (Lipinski definition) is 5. The second-order valence-electron chi connectivity index (χ2n) is 8.98. The highest BCUT2D eigenvalue weighted by atomic mass is 35.5. The Morgan fingerprint density at radius 3 is 2.43 bits per heavy atom. The van der Waals surface area contributed by atoms with E-state index in [0.717, 1.165) is 5.56 Å². The summed E-state index contributed by atoms with van der Waals surface area (Å²) in [6.07, 6.45) is 1.60. The first-order valence-electron chi connectivity index (χ1n) is 11.1. The number of aromatic nitrogens is 2. The lowest BCUT2D eigenvalue weighted by atomic mass is 9.87. The van der Waals surface area contributed by atoms with Crippen molar-refractivity contribution < 1.29 is 4.79 Å². The molecule has 35 heavy (non-hydrogen) atoms. The van der Waals surface area contributed by atoms with Crippen molar-refractivity contribution in [2.75, 3.05) is 5.75 Å². The second-order valence-corrected chi connectivity index (χ2v) is 10.4. The van der Waals surface area contributed by atoms with Crippen LogP contribution in [0.1, 0.15) is 31.9 Å². The van der Waals surface area contributed by atoms with Gasteiger partial charge >= 0.3 is 0 Å². The number of fused-ring (bicyclic) bond motifs is 1. The van der Waals surface area contributed by atoms with Crippen molar-refractivity contribution in [1.29, 1.82) is 0 Å². The van der Waals surface area contributed by atoms with E-state index in [1.54, 1.807) is 48.7 Å². The van der Waals surface area contributed by atoms with Gasteiger partial charge in [0.25, 0.3) is 11.5 Å². The first-order chi connectivity index (χ1) is 16.7. The van der Waals surface area contributed by atoms with E-state index in [1.807, 2.05) is 18.2 Å². The Kier molecular flexibility index (Phi) is 7.38. The number of thioether (sulfide) groups is 1. The summed E-state index contributed by atoms with van der Waals surface area (Å²) < 4.78 is 1.50. The van der Waals surface area contributed by atoms with Gasteiger partial charge in [-0.05, 0) is 52.9 Å². The van der Waals surface area contributed by atoms with E-state index >= 15 is 0 Å². The second kappa shape index (κ2) is 10.5. The van der Waals surface area contributed by atoms with Crippen LogP contribution in [0.4, 0.5) is 0 Å². The molecule has 1 aromatic heterocycles. The minimum absolute atomic E-state index is 0.0403. The van der Waals surface area contributed by atoms with Crippen molar-refractivity contribution in [3.63, 3.8) is 0 Å². The number of carbonyl (C=O) groups excluding carboxylic acids is 1. The van der Waals surface area contributed by atoms with E-state index in [2.05, 4.69) is 48.4 Å². The van der Waals surface area contributed by atoms with Crippen molar-refractivity contribution in [3.05, 3.63) is 99.3 Å². The smallest absolute Gasteiger partial charge is 0.266 e. The van der Waals surface area contributed by atoms with Crippen molar-refractivity contribution in [3.8, 4) is 5.69 Å². The molecule has 0 unspecified atom stereocenters. The molecule has 1 amide bonds. The zero-order valence-corrected chi connectivity index (χ0v) is 21.2. The molecule has 0 bridgehead atoms. The van der Waals surface area contributed by atoms with Gasteiger partial charge in [0.1, 0.15) is 0 Å². The lowest BCUT2D eigenvalue weighted by Gasteiger charge is -2.18. The molecular formula is C27H25ClN4O2S. The number of nitrogens with one attached hydrogen (secondary N) is 1. The van der Waals surface area contributed by atoms with Crippen LogP contribution in [0, 0.1) is 0 Å². The monoisotopic (exact) mass is 504 g/mol. The fourth-order valence-electron chi connectivity index (χ4n) is 3.44. The van der Waals surface area contributed by atoms with Gasteiger partial charge in [0.15, 0.2) is 5.16 Å². The van der Waals surface area contributed by atoms with Gasteiger partial charge in [-0.3, -0.25) is 14.2 Å². The molecule has 0 radical (unpaired) electrons. The standard InChI is InChI=1S/C27H25ClN4O2S/c1-27(2,3)19-10-8-18(9-11-19)16-29-31-24(33)17-35-26-30-23-7-5-4-6-22(23)25(34)32(26)21-14-12-20(28)13-15-21/h4-16H,17H2,1-3H3,(H,31,33). The molecule has 0 atom stereocenters. The number of hydrazone groups is 1. The van der Waals surface area contributed by atoms with Crippen LogP contribution in [0.15, 0.2) is 87.8 Å². The third-order valence-electron chi connectivity index (χ3n) is 5.34. The lowest BCUT2D eigenvalue weighted by molar-refractivity contribution is -0.118. The van der Waals surface area contributed by atoms with E-state index in [4.69, 9.17) is 11.6 Å². The van der Waals surface area contributed by atoms with Crippen LogP contribution in [0.2, 0.25) is 5.02 Å². The molecule has 3 aromatic carbocycles. The number of rotatable bonds is 6. The molecule has 1 heterocycles. The van der Waals surface area contributed by atoms with E-state index in [0.29, 0.717) is 26.8 Å². The number of hydrogen-bond donors (Lipinski definition) is 1. The predicted molar refractivity (Wildman–Crippen MR) is 144 cm³/mol. The summed E-state index contributed by atoms with van der Waals surface area (Å²) >= 11 is 7.19. The quantitative estimate of drug-likeness (QED) is 0.161. The summed E-state index contributed by atoms with van der Waals surface area (Å²) in [4.78, 5) is 30.3. The highest BCUT2D eigenvalue weighted by Crippen LogP contribution is 2.23. The minimum atomic E-state index is -0.303. The number of carbonyl (C=O) groups is 1. The fourth-order valence-corrected chi connectivity index (χ4v) is 4.37. The maximum absolute atomic E-state index is 13.2. The molecule has 0 aliphatic carbocycles. The first-order valence-corrected chi connectivity index (χ1v) is 12.4. The average Bonchev–Trinajstić information content (AvgIpc) is 2.83. The molecule has 8 heteroatoms. The summed E-state index contributed by atoms with van der Waals surface area (Å²) in [6, 6.07) is 22.1. The predicted octanol–water partition coefficient (Wildman–Crippen LogP) is 5.58. The van der Waals surface area contributed by atoms with Crippen LogP contribution in [0.3, 0.4) is 0 Å². The van der Waals surface area contributed by atoms with Crippen LogP contribution in [0.5, 0.6) is 0 Å². The van der Waals surface area contributed by atoms with E-state index in [-0.39, 0.29) is 22.6 Å². The Morgan fingerprint density at radius 1 is 1.06 bits per heavy atom. The molecule has 1 N–H and O–H groups in total. The van der Waals surface area contributed by atoms with Gasteiger partial charge < -0.3 is 0 Å². The molecule has 0 aliphatic rings. The summed E-state index contributed by atoms with van der Waals surface area (Å²) in [6.45, 7) is 6.47. The molecule has 0 aliphatic heterocycles. The third-order valence-corrected chi connectivity index (χ3v) is 6.53. The zero-order valence-electron chi connectivity index (χ0n) is 19.7. The number of benzene rings is 3. The molecule has 0 spiro atoms. The molecule has 4 rings (SSSR count). The van der Waals surface area contributed by atoms with Crippen molar-refractivity contribution >= 4 is 46.4 Å². The molecule has 0 fully saturated rings. The van der Waals surface area contributed by atoms with Gasteiger partial charge in [-0.2, -0.15) is 5.10 Å². The van der Waals surface area contributed by atoms with Crippen LogP contribution in [-0.2, 0) is 10.2 Å². The molecule has 4 aromatic rings. The molecule has 6 nitrogen and oxygen atoms in total.